The van der Waals surface area contributed by atoms with Gasteiger partial charge in [0.1, 0.15) is 11.4 Å². The summed E-state index contributed by atoms with van der Waals surface area (Å²) in [4.78, 5) is 24.5. The molecule has 0 saturated carbocycles. The van der Waals surface area contributed by atoms with Gasteiger partial charge in [-0.15, -0.1) is 0 Å². The Bertz CT molecular complexity index is 992. The van der Waals surface area contributed by atoms with Crippen molar-refractivity contribution in [1.29, 1.82) is 0 Å². The van der Waals surface area contributed by atoms with Gasteiger partial charge in [-0.1, -0.05) is 36.4 Å². The standard InChI is InChI=1S/C16H14FNO.C11H21NO4/c17-14-7-5-13(6-8-14)16-15-4-2-1-3-12(15)9-10-18(16)11-19;1-7-5-9(13)8(6-15-7)12-10(14)16-11(2,3)4/h1-8,11,16H,9-10H2;7-9,13H,5-6H2,1-4H3,(H,12,14)/t16-;7-,8+,9-/m01/s1. The Hall–Kier alpha value is -2.97. The lowest BCUT2D eigenvalue weighted by atomic mass is 9.88. The van der Waals surface area contributed by atoms with Crippen LogP contribution >= 0.6 is 0 Å². The monoisotopic (exact) mass is 486 g/mol. The number of aliphatic hydroxyl groups excluding tert-OH is 1. The van der Waals surface area contributed by atoms with Gasteiger partial charge in [0, 0.05) is 13.0 Å². The Morgan fingerprint density at radius 1 is 1.20 bits per heavy atom. The maximum absolute atomic E-state index is 13.0. The van der Waals surface area contributed by atoms with E-state index in [0.717, 1.165) is 24.0 Å². The Morgan fingerprint density at radius 2 is 1.89 bits per heavy atom. The van der Waals surface area contributed by atoms with Crippen LogP contribution in [0.25, 0.3) is 0 Å². The molecule has 190 valence electrons. The van der Waals surface area contributed by atoms with Crippen LogP contribution in [0.5, 0.6) is 0 Å². The third-order valence-corrected chi connectivity index (χ3v) is 5.94. The highest BCUT2D eigenvalue weighted by Crippen LogP contribution is 2.34. The highest BCUT2D eigenvalue weighted by atomic mass is 19.1. The maximum atomic E-state index is 13.0. The molecule has 0 aromatic heterocycles. The van der Waals surface area contributed by atoms with Crippen LogP contribution in [0.3, 0.4) is 0 Å². The number of fused-ring (bicyclic) bond motifs is 1. The molecule has 7 nitrogen and oxygen atoms in total. The number of hydrogen-bond donors (Lipinski definition) is 2. The summed E-state index contributed by atoms with van der Waals surface area (Å²) in [6, 6.07) is 14.0. The second-order valence-corrected chi connectivity index (χ2v) is 9.95. The number of amides is 2. The van der Waals surface area contributed by atoms with E-state index in [-0.39, 0.29) is 24.0 Å². The van der Waals surface area contributed by atoms with E-state index in [1.807, 2.05) is 25.1 Å². The maximum Gasteiger partial charge on any atom is 0.408 e. The van der Waals surface area contributed by atoms with Crippen LogP contribution in [0.4, 0.5) is 9.18 Å². The highest BCUT2D eigenvalue weighted by Gasteiger charge is 2.30. The topological polar surface area (TPSA) is 88.1 Å². The van der Waals surface area contributed by atoms with Gasteiger partial charge in [0.25, 0.3) is 0 Å². The number of nitrogens with zero attached hydrogens (tertiary/aromatic N) is 1. The van der Waals surface area contributed by atoms with Gasteiger partial charge < -0.3 is 24.8 Å². The van der Waals surface area contributed by atoms with Crippen molar-refractivity contribution >= 4 is 12.5 Å². The zero-order valence-corrected chi connectivity index (χ0v) is 20.7. The number of hydrogen-bond acceptors (Lipinski definition) is 5. The molecule has 0 radical (unpaired) electrons. The molecule has 0 spiro atoms. The van der Waals surface area contributed by atoms with Crippen molar-refractivity contribution in [3.63, 3.8) is 0 Å². The smallest absolute Gasteiger partial charge is 0.408 e. The molecule has 2 N–H and O–H groups in total. The fraction of sp³-hybridized carbons (Fsp3) is 0.481. The van der Waals surface area contributed by atoms with Crippen LogP contribution in [-0.4, -0.2) is 59.5 Å². The number of halogens is 1. The predicted molar refractivity (Wildman–Crippen MR) is 130 cm³/mol. The summed E-state index contributed by atoms with van der Waals surface area (Å²) in [6.45, 7) is 8.30. The van der Waals surface area contributed by atoms with Gasteiger partial charge in [-0.05, 0) is 62.9 Å². The molecular weight excluding hydrogens is 451 g/mol. The van der Waals surface area contributed by atoms with Crippen molar-refractivity contribution in [2.45, 2.75) is 70.4 Å². The molecule has 0 bridgehead atoms. The van der Waals surface area contributed by atoms with Crippen molar-refractivity contribution in [3.8, 4) is 0 Å². The molecule has 2 aromatic rings. The van der Waals surface area contributed by atoms with E-state index in [2.05, 4.69) is 11.4 Å². The third kappa shape index (κ3) is 7.50. The molecule has 0 aliphatic carbocycles. The average Bonchev–Trinajstić information content (AvgIpc) is 2.80. The molecule has 2 heterocycles. The molecular formula is C27H35FN2O5. The van der Waals surface area contributed by atoms with E-state index < -0.39 is 17.8 Å². The van der Waals surface area contributed by atoms with Crippen molar-refractivity contribution in [1.82, 2.24) is 10.2 Å². The number of benzene rings is 2. The summed E-state index contributed by atoms with van der Waals surface area (Å²) >= 11 is 0. The summed E-state index contributed by atoms with van der Waals surface area (Å²) in [5, 5.41) is 12.3. The average molecular weight is 487 g/mol. The SMILES string of the molecule is C[C@@H]1C[C@@H](O)[C@@H](NC(=O)OC(C)(C)C)CO1.O=CN1CCc2ccccc2[C@@H]1c1ccc(F)cc1. The minimum Gasteiger partial charge on any atom is -0.444 e. The van der Waals surface area contributed by atoms with Gasteiger partial charge in [-0.2, -0.15) is 0 Å². The summed E-state index contributed by atoms with van der Waals surface area (Å²) < 4.78 is 23.5. The van der Waals surface area contributed by atoms with E-state index >= 15 is 0 Å². The minimum atomic E-state index is -0.573. The molecule has 35 heavy (non-hydrogen) atoms. The number of rotatable bonds is 3. The number of carbonyl (C=O) groups is 2. The third-order valence-electron chi connectivity index (χ3n) is 5.94. The van der Waals surface area contributed by atoms with Crippen LogP contribution in [0.2, 0.25) is 0 Å². The molecule has 2 aliphatic heterocycles. The van der Waals surface area contributed by atoms with Gasteiger partial charge in [0.05, 0.1) is 30.9 Å². The van der Waals surface area contributed by atoms with E-state index in [1.54, 1.807) is 37.8 Å². The second kappa shape index (κ2) is 11.6. The van der Waals surface area contributed by atoms with Crippen LogP contribution in [0.15, 0.2) is 48.5 Å². The largest absolute Gasteiger partial charge is 0.444 e. The summed E-state index contributed by atoms with van der Waals surface area (Å²) in [7, 11) is 0. The summed E-state index contributed by atoms with van der Waals surface area (Å²) in [5.41, 5.74) is 2.81. The van der Waals surface area contributed by atoms with Crippen LogP contribution in [-0.2, 0) is 20.7 Å². The Labute approximate surface area is 206 Å². The van der Waals surface area contributed by atoms with Crippen molar-refractivity contribution in [3.05, 3.63) is 71.0 Å². The fourth-order valence-corrected chi connectivity index (χ4v) is 4.26. The minimum absolute atomic E-state index is 0.0340. The molecule has 2 amide bonds. The van der Waals surface area contributed by atoms with Gasteiger partial charge in [0.2, 0.25) is 6.41 Å². The second-order valence-electron chi connectivity index (χ2n) is 9.95. The van der Waals surface area contributed by atoms with Crippen molar-refractivity contribution in [2.75, 3.05) is 13.2 Å². The number of nitrogens with one attached hydrogen (secondary N) is 1. The molecule has 2 aliphatic rings. The van der Waals surface area contributed by atoms with Gasteiger partial charge in [0.15, 0.2) is 0 Å². The first-order chi connectivity index (χ1) is 16.6. The summed E-state index contributed by atoms with van der Waals surface area (Å²) in [5.74, 6) is -0.259. The first-order valence-corrected chi connectivity index (χ1v) is 11.9. The highest BCUT2D eigenvalue weighted by molar-refractivity contribution is 5.68. The Kier molecular flexibility index (Phi) is 8.86. The molecule has 8 heteroatoms. The predicted octanol–water partition coefficient (Wildman–Crippen LogP) is 3.98. The van der Waals surface area contributed by atoms with Gasteiger partial charge in [-0.25, -0.2) is 9.18 Å². The molecule has 4 rings (SSSR count). The number of aliphatic hydroxyl groups is 1. The van der Waals surface area contributed by atoms with E-state index in [1.165, 1.54) is 17.7 Å². The van der Waals surface area contributed by atoms with Crippen LogP contribution < -0.4 is 5.32 Å². The molecule has 1 fully saturated rings. The normalized spacial score (nSPS) is 23.9. The zero-order chi connectivity index (χ0) is 25.6. The van der Waals surface area contributed by atoms with Gasteiger partial charge in [-0.3, -0.25) is 4.79 Å². The first-order valence-electron chi connectivity index (χ1n) is 11.9. The van der Waals surface area contributed by atoms with E-state index in [9.17, 15) is 19.1 Å². The number of alkyl carbamates (subject to hydrolysis) is 1. The van der Waals surface area contributed by atoms with Crippen LogP contribution in [0, 0.1) is 5.82 Å². The quantitative estimate of drug-likeness (QED) is 0.641. The zero-order valence-electron chi connectivity index (χ0n) is 20.7. The first kappa shape index (κ1) is 26.6. The molecule has 1 saturated heterocycles. The van der Waals surface area contributed by atoms with Gasteiger partial charge >= 0.3 is 6.09 Å². The Morgan fingerprint density at radius 3 is 2.51 bits per heavy atom. The summed E-state index contributed by atoms with van der Waals surface area (Å²) in [6.07, 6.45) is 1.22. The molecule has 4 atom stereocenters. The van der Waals surface area contributed by atoms with Crippen molar-refractivity contribution in [2.24, 2.45) is 0 Å². The lowest BCUT2D eigenvalue weighted by Crippen LogP contribution is -2.52. The fourth-order valence-electron chi connectivity index (χ4n) is 4.26. The van der Waals surface area contributed by atoms with E-state index in [0.29, 0.717) is 19.6 Å². The molecule has 2 aromatic carbocycles. The lowest BCUT2D eigenvalue weighted by molar-refractivity contribution is -0.119. The Balaban J connectivity index is 0.000000199. The lowest BCUT2D eigenvalue weighted by Gasteiger charge is -2.35. The number of ether oxygens (including phenoxy) is 2. The van der Waals surface area contributed by atoms with E-state index in [4.69, 9.17) is 9.47 Å². The van der Waals surface area contributed by atoms with Crippen molar-refractivity contribution < 1.29 is 28.6 Å². The molecule has 0 unspecified atom stereocenters. The number of carbonyl (C=O) groups excluding carboxylic acids is 2. The van der Waals surface area contributed by atoms with Crippen LogP contribution in [0.1, 0.15) is 56.8 Å².